The molecule has 0 aliphatic heterocycles. The van der Waals surface area contributed by atoms with Gasteiger partial charge in [-0.1, -0.05) is 5.19 Å². The summed E-state index contributed by atoms with van der Waals surface area (Å²) in [6, 6.07) is 2.27. The Morgan fingerprint density at radius 2 is 2.23 bits per heavy atom. The van der Waals surface area contributed by atoms with Crippen molar-refractivity contribution in [3.63, 3.8) is 0 Å². The molecule has 3 radical (unpaired) electrons. The third kappa shape index (κ3) is 1.27. The predicted molar refractivity (Wildman–Crippen MR) is 53.3 cm³/mol. The fourth-order valence-electron chi connectivity index (χ4n) is 1.32. The van der Waals surface area contributed by atoms with Crippen LogP contribution in [0.1, 0.15) is 19.9 Å². The second-order valence-electron chi connectivity index (χ2n) is 3.28. The molecule has 2 heterocycles. The van der Waals surface area contributed by atoms with Gasteiger partial charge < -0.3 is 0 Å². The minimum atomic E-state index is 0.346. The Bertz CT molecular complexity index is 433. The fraction of sp³-hybridized carbons (Fsp3) is 0.333. The summed E-state index contributed by atoms with van der Waals surface area (Å²) in [6.45, 7) is 4.18. The van der Waals surface area contributed by atoms with Crippen molar-refractivity contribution in [2.24, 2.45) is 0 Å². The molecule has 0 atom stereocenters. The Morgan fingerprint density at radius 1 is 1.46 bits per heavy atom. The number of hydrogen-bond acceptors (Lipinski definition) is 2. The standard InChI is InChI=1S/C9H10N3Si/c1-6(2)12-9-7(5-11-12)8(13)3-4-10-9/h3-6H,1-2H3. The highest BCUT2D eigenvalue weighted by Gasteiger charge is 2.07. The molecule has 0 amide bonds. The van der Waals surface area contributed by atoms with Crippen molar-refractivity contribution < 1.29 is 0 Å². The first-order valence-electron chi connectivity index (χ1n) is 4.24. The fourth-order valence-corrected chi connectivity index (χ4v) is 1.58. The van der Waals surface area contributed by atoms with Crippen molar-refractivity contribution >= 4 is 26.5 Å². The van der Waals surface area contributed by atoms with Crippen LogP contribution in [0.5, 0.6) is 0 Å². The van der Waals surface area contributed by atoms with Crippen molar-refractivity contribution in [1.82, 2.24) is 14.8 Å². The monoisotopic (exact) mass is 188 g/mol. The molecular weight excluding hydrogens is 178 g/mol. The van der Waals surface area contributed by atoms with Crippen molar-refractivity contribution in [2.75, 3.05) is 0 Å². The lowest BCUT2D eigenvalue weighted by molar-refractivity contribution is 0.546. The van der Waals surface area contributed by atoms with E-state index in [1.54, 1.807) is 6.20 Å². The Morgan fingerprint density at radius 3 is 2.92 bits per heavy atom. The number of pyridine rings is 1. The van der Waals surface area contributed by atoms with Gasteiger partial charge in [-0.3, -0.25) is 0 Å². The SMILES string of the molecule is CC(C)n1ncc2c([Si])ccnc21. The highest BCUT2D eigenvalue weighted by atomic mass is 28.1. The van der Waals surface area contributed by atoms with Crippen LogP contribution in [0, 0.1) is 0 Å². The summed E-state index contributed by atoms with van der Waals surface area (Å²) in [5.41, 5.74) is 0.933. The van der Waals surface area contributed by atoms with Gasteiger partial charge in [0.1, 0.15) is 0 Å². The van der Waals surface area contributed by atoms with Crippen LogP contribution in [-0.2, 0) is 0 Å². The highest BCUT2D eigenvalue weighted by molar-refractivity contribution is 6.38. The predicted octanol–water partition coefficient (Wildman–Crippen LogP) is 0.806. The second-order valence-corrected chi connectivity index (χ2v) is 3.82. The van der Waals surface area contributed by atoms with E-state index in [4.69, 9.17) is 0 Å². The summed E-state index contributed by atoms with van der Waals surface area (Å²) >= 11 is 0. The molecule has 2 rings (SSSR count). The average Bonchev–Trinajstić information content (AvgIpc) is 2.48. The van der Waals surface area contributed by atoms with Gasteiger partial charge in [0.15, 0.2) is 5.65 Å². The maximum Gasteiger partial charge on any atom is 0.157 e. The largest absolute Gasteiger partial charge is 0.245 e. The van der Waals surface area contributed by atoms with Gasteiger partial charge in [-0.25, -0.2) is 9.67 Å². The zero-order chi connectivity index (χ0) is 9.42. The molecule has 2 aromatic heterocycles. The molecule has 0 saturated carbocycles. The molecule has 0 unspecified atom stereocenters. The molecule has 4 heteroatoms. The number of rotatable bonds is 1. The van der Waals surface area contributed by atoms with E-state index in [9.17, 15) is 0 Å². The van der Waals surface area contributed by atoms with E-state index in [1.807, 2.05) is 16.9 Å². The van der Waals surface area contributed by atoms with E-state index < -0.39 is 0 Å². The number of nitrogens with zero attached hydrogens (tertiary/aromatic N) is 3. The van der Waals surface area contributed by atoms with E-state index in [0.717, 1.165) is 16.2 Å². The minimum absolute atomic E-state index is 0.346. The van der Waals surface area contributed by atoms with Crippen LogP contribution in [-0.4, -0.2) is 25.0 Å². The molecule has 0 aliphatic rings. The molecule has 3 nitrogen and oxygen atoms in total. The highest BCUT2D eigenvalue weighted by Crippen LogP contribution is 2.12. The topological polar surface area (TPSA) is 30.7 Å². The Kier molecular flexibility index (Phi) is 1.92. The molecule has 65 valence electrons. The Balaban J connectivity index is 2.75. The Labute approximate surface area is 80.2 Å². The van der Waals surface area contributed by atoms with Gasteiger partial charge in [0.25, 0.3) is 0 Å². The molecular formula is C9H10N3Si. The number of hydrogen-bond donors (Lipinski definition) is 0. The van der Waals surface area contributed by atoms with Crippen molar-refractivity contribution in [2.45, 2.75) is 19.9 Å². The quantitative estimate of drug-likeness (QED) is 0.620. The van der Waals surface area contributed by atoms with Gasteiger partial charge in [0.2, 0.25) is 0 Å². The summed E-state index contributed by atoms with van der Waals surface area (Å²) in [7, 11) is 3.52. The third-order valence-corrected chi connectivity index (χ3v) is 2.42. The smallest absolute Gasteiger partial charge is 0.157 e. The van der Waals surface area contributed by atoms with Crippen molar-refractivity contribution in [3.05, 3.63) is 18.5 Å². The van der Waals surface area contributed by atoms with Crippen LogP contribution in [0.25, 0.3) is 11.0 Å². The first kappa shape index (κ1) is 8.44. The van der Waals surface area contributed by atoms with Crippen LogP contribution in [0.3, 0.4) is 0 Å². The molecule has 2 aromatic rings. The molecule has 0 aliphatic carbocycles. The first-order valence-corrected chi connectivity index (χ1v) is 4.74. The van der Waals surface area contributed by atoms with Gasteiger partial charge in [-0.15, -0.1) is 0 Å². The molecule has 0 aromatic carbocycles. The molecule has 13 heavy (non-hydrogen) atoms. The van der Waals surface area contributed by atoms with E-state index in [0.29, 0.717) is 6.04 Å². The van der Waals surface area contributed by atoms with Gasteiger partial charge in [-0.2, -0.15) is 5.10 Å². The van der Waals surface area contributed by atoms with E-state index in [2.05, 4.69) is 34.2 Å². The Hall–Kier alpha value is -1.16. The van der Waals surface area contributed by atoms with Gasteiger partial charge >= 0.3 is 0 Å². The van der Waals surface area contributed by atoms with Crippen LogP contribution in [0.4, 0.5) is 0 Å². The van der Waals surface area contributed by atoms with Crippen molar-refractivity contribution in [1.29, 1.82) is 0 Å². The van der Waals surface area contributed by atoms with E-state index in [-0.39, 0.29) is 0 Å². The maximum absolute atomic E-state index is 4.29. The molecule has 0 fully saturated rings. The van der Waals surface area contributed by atoms with Gasteiger partial charge in [0, 0.05) is 17.6 Å². The summed E-state index contributed by atoms with van der Waals surface area (Å²) in [5, 5.41) is 6.38. The van der Waals surface area contributed by atoms with Gasteiger partial charge in [0.05, 0.1) is 16.4 Å². The third-order valence-electron chi connectivity index (χ3n) is 1.99. The first-order chi connectivity index (χ1) is 6.20. The second kappa shape index (κ2) is 2.96. The summed E-state index contributed by atoms with van der Waals surface area (Å²) in [6.07, 6.45) is 3.62. The zero-order valence-electron chi connectivity index (χ0n) is 7.65. The van der Waals surface area contributed by atoms with Crippen LogP contribution >= 0.6 is 0 Å². The number of fused-ring (bicyclic) bond motifs is 1. The summed E-state index contributed by atoms with van der Waals surface area (Å²) in [4.78, 5) is 4.29. The summed E-state index contributed by atoms with van der Waals surface area (Å²) in [5.74, 6) is 0. The maximum atomic E-state index is 4.29. The van der Waals surface area contributed by atoms with Gasteiger partial charge in [-0.05, 0) is 19.9 Å². The minimum Gasteiger partial charge on any atom is -0.245 e. The lowest BCUT2D eigenvalue weighted by Gasteiger charge is -2.05. The van der Waals surface area contributed by atoms with Crippen LogP contribution in [0.2, 0.25) is 0 Å². The average molecular weight is 188 g/mol. The molecule has 0 N–H and O–H groups in total. The van der Waals surface area contributed by atoms with Crippen molar-refractivity contribution in [3.8, 4) is 0 Å². The zero-order valence-corrected chi connectivity index (χ0v) is 8.65. The molecule has 0 bridgehead atoms. The summed E-state index contributed by atoms with van der Waals surface area (Å²) < 4.78 is 1.92. The lowest BCUT2D eigenvalue weighted by atomic mass is 10.3. The van der Waals surface area contributed by atoms with E-state index >= 15 is 0 Å². The number of aromatic nitrogens is 3. The lowest BCUT2D eigenvalue weighted by Crippen LogP contribution is -2.06. The molecule has 0 spiro atoms. The van der Waals surface area contributed by atoms with Crippen LogP contribution < -0.4 is 5.19 Å². The normalized spacial score (nSPS) is 11.4. The van der Waals surface area contributed by atoms with E-state index in [1.165, 1.54) is 0 Å². The molecule has 0 saturated heterocycles. The van der Waals surface area contributed by atoms with Crippen LogP contribution in [0.15, 0.2) is 18.5 Å².